The van der Waals surface area contributed by atoms with Crippen molar-refractivity contribution in [2.45, 2.75) is 66.2 Å². The molecule has 0 radical (unpaired) electrons. The summed E-state index contributed by atoms with van der Waals surface area (Å²) in [6.45, 7) is 8.93. The van der Waals surface area contributed by atoms with E-state index in [0.717, 1.165) is 0 Å². The number of benzene rings is 1. The largest absolute Gasteiger partial charge is 0.0696 e. The Kier molecular flexibility index (Phi) is 6.78. The minimum atomic E-state index is 1.27. The lowest BCUT2D eigenvalue weighted by atomic mass is 9.97. The highest BCUT2D eigenvalue weighted by Gasteiger charge is 2.00. The molecule has 1 aromatic carbocycles. The fourth-order valence-corrected chi connectivity index (χ4v) is 2.28. The zero-order chi connectivity index (χ0) is 13.4. The van der Waals surface area contributed by atoms with E-state index >= 15 is 0 Å². The Labute approximate surface area is 113 Å². The second-order valence-electron chi connectivity index (χ2n) is 5.37. The molecule has 0 N–H and O–H groups in total. The van der Waals surface area contributed by atoms with Crippen LogP contribution >= 0.6 is 0 Å². The SMILES string of the molecule is CCCCC(=Cc1ccc(C)cc1C)CCCC. The molecule has 18 heavy (non-hydrogen) atoms. The Morgan fingerprint density at radius 3 is 2.11 bits per heavy atom. The number of hydrogen-bond donors (Lipinski definition) is 0. The monoisotopic (exact) mass is 244 g/mol. The fourth-order valence-electron chi connectivity index (χ4n) is 2.28. The average molecular weight is 244 g/mol. The van der Waals surface area contributed by atoms with Crippen LogP contribution in [-0.4, -0.2) is 0 Å². The smallest absolute Gasteiger partial charge is 0.0228 e. The molecule has 0 aliphatic heterocycles. The van der Waals surface area contributed by atoms with Gasteiger partial charge in [0.05, 0.1) is 0 Å². The lowest BCUT2D eigenvalue weighted by molar-refractivity contribution is 0.717. The van der Waals surface area contributed by atoms with Gasteiger partial charge in [0, 0.05) is 0 Å². The first-order valence-corrected chi connectivity index (χ1v) is 7.44. The van der Waals surface area contributed by atoms with Gasteiger partial charge in [-0.25, -0.2) is 0 Å². The van der Waals surface area contributed by atoms with Crippen molar-refractivity contribution in [1.82, 2.24) is 0 Å². The molecule has 100 valence electrons. The molecule has 0 atom stereocenters. The molecule has 0 spiro atoms. The summed E-state index contributed by atoms with van der Waals surface area (Å²) in [6.07, 6.45) is 10.2. The molecule has 0 aliphatic carbocycles. The number of hydrogen-bond acceptors (Lipinski definition) is 0. The van der Waals surface area contributed by atoms with Crippen LogP contribution < -0.4 is 0 Å². The lowest BCUT2D eigenvalue weighted by Crippen LogP contribution is -1.88. The molecule has 0 aromatic heterocycles. The van der Waals surface area contributed by atoms with Gasteiger partial charge in [-0.3, -0.25) is 0 Å². The number of aryl methyl sites for hydroxylation is 2. The molecule has 0 bridgehead atoms. The highest BCUT2D eigenvalue weighted by atomic mass is 14.1. The molecule has 0 saturated heterocycles. The maximum atomic E-state index is 2.43. The third kappa shape index (κ3) is 5.08. The Bertz CT molecular complexity index is 375. The molecule has 0 unspecified atom stereocenters. The normalized spacial score (nSPS) is 10.4. The van der Waals surface area contributed by atoms with Gasteiger partial charge < -0.3 is 0 Å². The van der Waals surface area contributed by atoms with Crippen LogP contribution in [0, 0.1) is 13.8 Å². The lowest BCUT2D eigenvalue weighted by Gasteiger charge is -2.09. The second kappa shape index (κ2) is 8.13. The van der Waals surface area contributed by atoms with Gasteiger partial charge >= 0.3 is 0 Å². The molecule has 0 heterocycles. The van der Waals surface area contributed by atoms with E-state index < -0.39 is 0 Å². The first-order chi connectivity index (χ1) is 8.67. The number of rotatable bonds is 7. The minimum Gasteiger partial charge on any atom is -0.0696 e. The molecule has 1 rings (SSSR count). The first kappa shape index (κ1) is 15.0. The number of unbranched alkanes of at least 4 members (excludes halogenated alkanes) is 2. The quantitative estimate of drug-likeness (QED) is 0.546. The maximum absolute atomic E-state index is 2.43. The third-order valence-electron chi connectivity index (χ3n) is 3.49. The van der Waals surface area contributed by atoms with Gasteiger partial charge in [0.25, 0.3) is 0 Å². The zero-order valence-corrected chi connectivity index (χ0v) is 12.6. The van der Waals surface area contributed by atoms with E-state index in [1.54, 1.807) is 5.57 Å². The Balaban J connectivity index is 2.83. The molecule has 0 aliphatic rings. The van der Waals surface area contributed by atoms with E-state index in [1.807, 2.05) is 0 Å². The van der Waals surface area contributed by atoms with E-state index in [4.69, 9.17) is 0 Å². The summed E-state index contributed by atoms with van der Waals surface area (Å²) in [7, 11) is 0. The van der Waals surface area contributed by atoms with Crippen molar-refractivity contribution in [2.24, 2.45) is 0 Å². The van der Waals surface area contributed by atoms with Gasteiger partial charge in [0.15, 0.2) is 0 Å². The molecule has 1 aromatic rings. The van der Waals surface area contributed by atoms with Crippen LogP contribution in [0.1, 0.15) is 69.1 Å². The first-order valence-electron chi connectivity index (χ1n) is 7.44. The van der Waals surface area contributed by atoms with E-state index in [-0.39, 0.29) is 0 Å². The van der Waals surface area contributed by atoms with Crippen LogP contribution in [0.5, 0.6) is 0 Å². The molecule has 0 saturated carbocycles. The third-order valence-corrected chi connectivity index (χ3v) is 3.49. The molecule has 0 heteroatoms. The van der Waals surface area contributed by atoms with Crippen molar-refractivity contribution in [2.75, 3.05) is 0 Å². The Morgan fingerprint density at radius 1 is 1.00 bits per heavy atom. The molecular weight excluding hydrogens is 216 g/mol. The van der Waals surface area contributed by atoms with Crippen LogP contribution in [0.3, 0.4) is 0 Å². The minimum absolute atomic E-state index is 1.27. The van der Waals surface area contributed by atoms with Crippen molar-refractivity contribution >= 4 is 6.08 Å². The van der Waals surface area contributed by atoms with Gasteiger partial charge in [-0.05, 0) is 50.7 Å². The molecule has 0 nitrogen and oxygen atoms in total. The number of allylic oxidation sites excluding steroid dienone is 1. The van der Waals surface area contributed by atoms with E-state index in [9.17, 15) is 0 Å². The van der Waals surface area contributed by atoms with Crippen molar-refractivity contribution in [1.29, 1.82) is 0 Å². The topological polar surface area (TPSA) is 0 Å². The molecular formula is C18H28. The summed E-state index contributed by atoms with van der Waals surface area (Å²) in [5.41, 5.74) is 5.79. The standard InChI is InChI=1S/C18H28/c1-5-7-9-17(10-8-6-2)14-18-12-11-15(3)13-16(18)4/h11-14H,5-10H2,1-4H3. The fraction of sp³-hybridized carbons (Fsp3) is 0.556. The summed E-state index contributed by atoms with van der Waals surface area (Å²) < 4.78 is 0. The van der Waals surface area contributed by atoms with Gasteiger partial charge in [-0.2, -0.15) is 0 Å². The Morgan fingerprint density at radius 2 is 1.61 bits per heavy atom. The second-order valence-corrected chi connectivity index (χ2v) is 5.37. The van der Waals surface area contributed by atoms with Crippen molar-refractivity contribution in [3.63, 3.8) is 0 Å². The summed E-state index contributed by atoms with van der Waals surface area (Å²) >= 11 is 0. The van der Waals surface area contributed by atoms with Crippen LogP contribution in [-0.2, 0) is 0 Å². The average Bonchev–Trinajstić information content (AvgIpc) is 2.35. The van der Waals surface area contributed by atoms with Gasteiger partial charge in [-0.15, -0.1) is 0 Å². The summed E-state index contributed by atoms with van der Waals surface area (Å²) in [5, 5.41) is 0. The van der Waals surface area contributed by atoms with Crippen LogP contribution in [0.15, 0.2) is 23.8 Å². The van der Waals surface area contributed by atoms with Gasteiger partial charge in [0.1, 0.15) is 0 Å². The predicted molar refractivity (Wildman–Crippen MR) is 82.9 cm³/mol. The van der Waals surface area contributed by atoms with Crippen molar-refractivity contribution in [3.05, 3.63) is 40.5 Å². The van der Waals surface area contributed by atoms with E-state index in [2.05, 4.69) is 52.0 Å². The van der Waals surface area contributed by atoms with Crippen LogP contribution in [0.2, 0.25) is 0 Å². The van der Waals surface area contributed by atoms with Crippen LogP contribution in [0.25, 0.3) is 6.08 Å². The molecule has 0 amide bonds. The highest BCUT2D eigenvalue weighted by molar-refractivity contribution is 5.57. The zero-order valence-electron chi connectivity index (χ0n) is 12.6. The highest BCUT2D eigenvalue weighted by Crippen LogP contribution is 2.21. The Hall–Kier alpha value is -1.04. The van der Waals surface area contributed by atoms with Gasteiger partial charge in [-0.1, -0.05) is 62.1 Å². The van der Waals surface area contributed by atoms with Gasteiger partial charge in [0.2, 0.25) is 0 Å². The maximum Gasteiger partial charge on any atom is -0.0228 e. The molecule has 0 fully saturated rings. The summed E-state index contributed by atoms with van der Waals surface area (Å²) in [4.78, 5) is 0. The van der Waals surface area contributed by atoms with Crippen molar-refractivity contribution < 1.29 is 0 Å². The van der Waals surface area contributed by atoms with Crippen molar-refractivity contribution in [3.8, 4) is 0 Å². The van der Waals surface area contributed by atoms with E-state index in [1.165, 1.54) is 55.2 Å². The summed E-state index contributed by atoms with van der Waals surface area (Å²) in [6, 6.07) is 6.77. The van der Waals surface area contributed by atoms with E-state index in [0.29, 0.717) is 0 Å². The predicted octanol–water partition coefficient (Wildman–Crippen LogP) is 6.07. The van der Waals surface area contributed by atoms with Crippen LogP contribution in [0.4, 0.5) is 0 Å². The summed E-state index contributed by atoms with van der Waals surface area (Å²) in [5.74, 6) is 0.